The standard InChI is InChI=1S/C18H27N3O3S/c1-18(2,3)16-9-7-14(8-10-16)12-19-20-17(22)15-6-5-11-21(13-15)25(4,23)24/h7-10,12,15H,5-6,11,13H2,1-4H3,(H,20,22)/b19-12-/t15-/m0/s1. The predicted molar refractivity (Wildman–Crippen MR) is 100 cm³/mol. The van der Waals surface area contributed by atoms with Crippen LogP contribution in [0.1, 0.15) is 44.7 Å². The summed E-state index contributed by atoms with van der Waals surface area (Å²) >= 11 is 0. The average molecular weight is 365 g/mol. The molecule has 0 radical (unpaired) electrons. The van der Waals surface area contributed by atoms with Gasteiger partial charge in [0.15, 0.2) is 0 Å². The lowest BCUT2D eigenvalue weighted by molar-refractivity contribution is -0.126. The molecule has 1 atom stereocenters. The quantitative estimate of drug-likeness (QED) is 0.656. The Morgan fingerprint density at radius 2 is 1.92 bits per heavy atom. The van der Waals surface area contributed by atoms with Gasteiger partial charge in [-0.1, -0.05) is 45.0 Å². The number of hydrazone groups is 1. The minimum Gasteiger partial charge on any atom is -0.273 e. The molecule has 25 heavy (non-hydrogen) atoms. The maximum Gasteiger partial charge on any atom is 0.244 e. The molecule has 138 valence electrons. The molecule has 1 amide bonds. The van der Waals surface area contributed by atoms with E-state index >= 15 is 0 Å². The van der Waals surface area contributed by atoms with Gasteiger partial charge in [0.25, 0.3) is 0 Å². The van der Waals surface area contributed by atoms with Gasteiger partial charge in [-0.15, -0.1) is 0 Å². The first-order valence-corrected chi connectivity index (χ1v) is 10.3. The van der Waals surface area contributed by atoms with E-state index in [1.165, 1.54) is 16.1 Å². The number of piperidine rings is 1. The summed E-state index contributed by atoms with van der Waals surface area (Å²) in [6.45, 7) is 7.16. The summed E-state index contributed by atoms with van der Waals surface area (Å²) in [5, 5.41) is 4.00. The van der Waals surface area contributed by atoms with Crippen LogP contribution < -0.4 is 5.43 Å². The summed E-state index contributed by atoms with van der Waals surface area (Å²) in [4.78, 5) is 12.2. The number of carbonyl (C=O) groups is 1. The van der Waals surface area contributed by atoms with Crippen LogP contribution in [0.3, 0.4) is 0 Å². The number of nitrogens with zero attached hydrogens (tertiary/aromatic N) is 2. The van der Waals surface area contributed by atoms with Gasteiger partial charge in [0, 0.05) is 13.1 Å². The van der Waals surface area contributed by atoms with Gasteiger partial charge in [0.1, 0.15) is 0 Å². The van der Waals surface area contributed by atoms with Crippen LogP contribution in [0.5, 0.6) is 0 Å². The summed E-state index contributed by atoms with van der Waals surface area (Å²) in [6.07, 6.45) is 4.13. The number of rotatable bonds is 4. The van der Waals surface area contributed by atoms with Crippen LogP contribution >= 0.6 is 0 Å². The molecule has 0 unspecified atom stereocenters. The molecule has 1 N–H and O–H groups in total. The minimum atomic E-state index is -3.26. The zero-order valence-electron chi connectivity index (χ0n) is 15.3. The van der Waals surface area contributed by atoms with Gasteiger partial charge < -0.3 is 0 Å². The van der Waals surface area contributed by atoms with Gasteiger partial charge in [-0.2, -0.15) is 5.10 Å². The SMILES string of the molecule is CC(C)(C)c1ccc(/C=N\NC(=O)[C@H]2CCCN(S(C)(=O)=O)C2)cc1. The van der Waals surface area contributed by atoms with E-state index in [9.17, 15) is 13.2 Å². The first-order valence-electron chi connectivity index (χ1n) is 8.46. The number of sulfonamides is 1. The Morgan fingerprint density at radius 3 is 2.48 bits per heavy atom. The molecule has 1 saturated heterocycles. The van der Waals surface area contributed by atoms with Crippen molar-refractivity contribution in [3.05, 3.63) is 35.4 Å². The Morgan fingerprint density at radius 1 is 1.28 bits per heavy atom. The number of carbonyl (C=O) groups excluding carboxylic acids is 1. The smallest absolute Gasteiger partial charge is 0.244 e. The Labute approximate surface area is 150 Å². The maximum absolute atomic E-state index is 12.2. The van der Waals surface area contributed by atoms with E-state index in [0.29, 0.717) is 19.4 Å². The Balaban J connectivity index is 1.92. The molecule has 1 aliphatic rings. The fraction of sp³-hybridized carbons (Fsp3) is 0.556. The first kappa shape index (κ1) is 19.6. The van der Waals surface area contributed by atoms with Crippen molar-refractivity contribution in [3.63, 3.8) is 0 Å². The zero-order chi connectivity index (χ0) is 18.7. The fourth-order valence-electron chi connectivity index (χ4n) is 2.79. The van der Waals surface area contributed by atoms with Crippen molar-refractivity contribution in [1.29, 1.82) is 0 Å². The highest BCUT2D eigenvalue weighted by molar-refractivity contribution is 7.88. The van der Waals surface area contributed by atoms with Crippen LogP contribution in [0, 0.1) is 5.92 Å². The number of hydrogen-bond donors (Lipinski definition) is 1. The minimum absolute atomic E-state index is 0.0936. The van der Waals surface area contributed by atoms with E-state index in [1.54, 1.807) is 6.21 Å². The van der Waals surface area contributed by atoms with Gasteiger partial charge >= 0.3 is 0 Å². The normalized spacial score (nSPS) is 19.9. The average Bonchev–Trinajstić information content (AvgIpc) is 2.54. The third kappa shape index (κ3) is 5.64. The van der Waals surface area contributed by atoms with E-state index in [-0.39, 0.29) is 23.8 Å². The zero-order valence-corrected chi connectivity index (χ0v) is 16.1. The third-order valence-corrected chi connectivity index (χ3v) is 5.66. The van der Waals surface area contributed by atoms with Gasteiger partial charge in [0.05, 0.1) is 18.4 Å². The summed E-state index contributed by atoms with van der Waals surface area (Å²) in [6, 6.07) is 8.02. The molecule has 1 aliphatic heterocycles. The molecule has 0 saturated carbocycles. The Bertz CT molecular complexity index is 734. The lowest BCUT2D eigenvalue weighted by atomic mass is 9.87. The molecule has 1 fully saturated rings. The Hall–Kier alpha value is -1.73. The van der Waals surface area contributed by atoms with Crippen molar-refractivity contribution in [2.75, 3.05) is 19.3 Å². The molecule has 7 heteroatoms. The molecular formula is C18H27N3O3S. The molecule has 1 heterocycles. The van der Waals surface area contributed by atoms with E-state index < -0.39 is 10.0 Å². The van der Waals surface area contributed by atoms with Crippen molar-refractivity contribution in [3.8, 4) is 0 Å². The van der Waals surface area contributed by atoms with Gasteiger partial charge in [0.2, 0.25) is 15.9 Å². The van der Waals surface area contributed by atoms with E-state index in [4.69, 9.17) is 0 Å². The topological polar surface area (TPSA) is 78.8 Å². The predicted octanol–water partition coefficient (Wildman–Crippen LogP) is 2.11. The number of benzene rings is 1. The molecule has 2 rings (SSSR count). The van der Waals surface area contributed by atoms with Crippen LogP contribution in [-0.4, -0.2) is 44.2 Å². The van der Waals surface area contributed by atoms with Crippen molar-refractivity contribution >= 4 is 22.1 Å². The monoisotopic (exact) mass is 365 g/mol. The van der Waals surface area contributed by atoms with Gasteiger partial charge in [-0.3, -0.25) is 4.79 Å². The molecule has 0 aliphatic carbocycles. The van der Waals surface area contributed by atoms with Crippen molar-refractivity contribution in [2.24, 2.45) is 11.0 Å². The lowest BCUT2D eigenvalue weighted by Crippen LogP contribution is -2.44. The second kappa shape index (κ2) is 7.66. The van der Waals surface area contributed by atoms with Gasteiger partial charge in [-0.25, -0.2) is 18.1 Å². The number of hydrogen-bond acceptors (Lipinski definition) is 4. The lowest BCUT2D eigenvalue weighted by Gasteiger charge is -2.29. The highest BCUT2D eigenvalue weighted by atomic mass is 32.2. The van der Waals surface area contributed by atoms with Crippen LogP contribution in [0.15, 0.2) is 29.4 Å². The van der Waals surface area contributed by atoms with Crippen molar-refractivity contribution in [2.45, 2.75) is 39.0 Å². The van der Waals surface area contributed by atoms with Gasteiger partial charge in [-0.05, 0) is 29.4 Å². The molecule has 0 aromatic heterocycles. The first-order chi connectivity index (χ1) is 11.6. The molecule has 6 nitrogen and oxygen atoms in total. The summed E-state index contributed by atoms with van der Waals surface area (Å²) < 4.78 is 24.6. The van der Waals surface area contributed by atoms with E-state index in [0.717, 1.165) is 5.56 Å². The highest BCUT2D eigenvalue weighted by Crippen LogP contribution is 2.22. The molecule has 1 aromatic carbocycles. The van der Waals surface area contributed by atoms with Crippen LogP contribution in [-0.2, 0) is 20.2 Å². The highest BCUT2D eigenvalue weighted by Gasteiger charge is 2.29. The summed E-state index contributed by atoms with van der Waals surface area (Å²) in [7, 11) is -3.26. The molecule has 0 bridgehead atoms. The molecular weight excluding hydrogens is 338 g/mol. The van der Waals surface area contributed by atoms with Crippen molar-refractivity contribution in [1.82, 2.24) is 9.73 Å². The van der Waals surface area contributed by atoms with Crippen LogP contribution in [0.4, 0.5) is 0 Å². The Kier molecular flexibility index (Phi) is 6.00. The largest absolute Gasteiger partial charge is 0.273 e. The fourth-order valence-corrected chi connectivity index (χ4v) is 3.70. The molecule has 0 spiro atoms. The second-order valence-corrected chi connectivity index (χ2v) is 9.55. The van der Waals surface area contributed by atoms with E-state index in [2.05, 4.69) is 31.3 Å². The van der Waals surface area contributed by atoms with E-state index in [1.807, 2.05) is 24.3 Å². The number of amides is 1. The number of nitrogens with one attached hydrogen (secondary N) is 1. The molecule has 1 aromatic rings. The maximum atomic E-state index is 12.2. The van der Waals surface area contributed by atoms with Crippen LogP contribution in [0.25, 0.3) is 0 Å². The van der Waals surface area contributed by atoms with Crippen LogP contribution in [0.2, 0.25) is 0 Å². The summed E-state index contributed by atoms with van der Waals surface area (Å²) in [5.74, 6) is -0.597. The third-order valence-electron chi connectivity index (χ3n) is 4.39. The van der Waals surface area contributed by atoms with Crippen molar-refractivity contribution < 1.29 is 13.2 Å². The summed E-state index contributed by atoms with van der Waals surface area (Å²) in [5.41, 5.74) is 4.75. The second-order valence-electron chi connectivity index (χ2n) is 7.57.